The molecule has 0 aliphatic heterocycles. The Bertz CT molecular complexity index is 288. The summed E-state index contributed by atoms with van der Waals surface area (Å²) >= 11 is 5.85. The highest BCUT2D eigenvalue weighted by Crippen LogP contribution is 2.13. The van der Waals surface area contributed by atoms with E-state index in [9.17, 15) is 4.79 Å². The lowest BCUT2D eigenvalue weighted by Crippen LogP contribution is -2.11. The number of hydrogen-bond acceptors (Lipinski definition) is 2. The van der Waals surface area contributed by atoms with Crippen LogP contribution < -0.4 is 5.32 Å². The van der Waals surface area contributed by atoms with E-state index in [1.165, 1.54) is 0 Å². The first-order chi connectivity index (χ1) is 5.74. The zero-order chi connectivity index (χ0) is 8.97. The number of carbonyl (C=O) groups is 1. The topological polar surface area (TPSA) is 42.0 Å². The summed E-state index contributed by atoms with van der Waals surface area (Å²) in [6.07, 6.45) is 2.34. The smallest absolute Gasteiger partial charge is 0.207 e. The molecule has 0 unspecified atom stereocenters. The maximum atomic E-state index is 9.97. The lowest BCUT2D eigenvalue weighted by Gasteiger charge is -2.02. The van der Waals surface area contributed by atoms with Crippen molar-refractivity contribution in [2.75, 3.05) is 0 Å². The molecule has 0 spiro atoms. The number of halogens is 1. The second kappa shape index (κ2) is 4.07. The average Bonchev–Trinajstić information content (AvgIpc) is 2.03. The van der Waals surface area contributed by atoms with Crippen LogP contribution in [0.15, 0.2) is 12.3 Å². The van der Waals surface area contributed by atoms with Crippen LogP contribution in [0.2, 0.25) is 5.02 Å². The Kier molecular flexibility index (Phi) is 3.05. The van der Waals surface area contributed by atoms with Gasteiger partial charge in [-0.1, -0.05) is 11.6 Å². The van der Waals surface area contributed by atoms with Crippen LogP contribution in [-0.2, 0) is 11.3 Å². The molecular formula is C8H9ClN2O. The van der Waals surface area contributed by atoms with Crippen molar-refractivity contribution < 1.29 is 4.79 Å². The highest BCUT2D eigenvalue weighted by molar-refractivity contribution is 6.31. The van der Waals surface area contributed by atoms with Gasteiger partial charge in [0.25, 0.3) is 0 Å². The first-order valence-corrected chi connectivity index (χ1v) is 3.90. The van der Waals surface area contributed by atoms with Crippen LogP contribution in [0.3, 0.4) is 0 Å². The van der Waals surface area contributed by atoms with E-state index < -0.39 is 0 Å². The molecule has 12 heavy (non-hydrogen) atoms. The SMILES string of the molecule is Cc1cnc(CNC=O)c(Cl)c1. The van der Waals surface area contributed by atoms with Crippen LogP contribution in [-0.4, -0.2) is 11.4 Å². The molecule has 1 amide bonds. The van der Waals surface area contributed by atoms with Gasteiger partial charge in [-0.15, -0.1) is 0 Å². The van der Waals surface area contributed by atoms with Crippen molar-refractivity contribution in [1.82, 2.24) is 10.3 Å². The third-order valence-electron chi connectivity index (χ3n) is 1.41. The second-order valence-corrected chi connectivity index (χ2v) is 2.85. The Morgan fingerprint density at radius 3 is 3.08 bits per heavy atom. The quantitative estimate of drug-likeness (QED) is 0.720. The van der Waals surface area contributed by atoms with Gasteiger partial charge in [-0.2, -0.15) is 0 Å². The molecule has 1 aromatic rings. The van der Waals surface area contributed by atoms with Gasteiger partial charge in [0.2, 0.25) is 6.41 Å². The molecule has 0 aliphatic rings. The summed E-state index contributed by atoms with van der Waals surface area (Å²) in [6.45, 7) is 2.29. The van der Waals surface area contributed by atoms with Gasteiger partial charge in [-0.3, -0.25) is 9.78 Å². The number of aryl methyl sites for hydroxylation is 1. The summed E-state index contributed by atoms with van der Waals surface area (Å²) in [5, 5.41) is 3.08. The van der Waals surface area contributed by atoms with Crippen LogP contribution in [0.1, 0.15) is 11.3 Å². The van der Waals surface area contributed by atoms with Gasteiger partial charge in [0.15, 0.2) is 0 Å². The van der Waals surface area contributed by atoms with E-state index in [1.54, 1.807) is 6.20 Å². The fraction of sp³-hybridized carbons (Fsp3) is 0.250. The molecule has 1 N–H and O–H groups in total. The summed E-state index contributed by atoms with van der Waals surface area (Å²) in [5.74, 6) is 0. The Morgan fingerprint density at radius 1 is 1.75 bits per heavy atom. The molecule has 0 atom stereocenters. The van der Waals surface area contributed by atoms with Crippen molar-refractivity contribution in [2.24, 2.45) is 0 Å². The molecule has 0 bridgehead atoms. The Labute approximate surface area is 75.8 Å². The largest absolute Gasteiger partial charge is 0.353 e. The molecule has 1 heterocycles. The van der Waals surface area contributed by atoms with Crippen molar-refractivity contribution in [1.29, 1.82) is 0 Å². The van der Waals surface area contributed by atoms with E-state index in [0.717, 1.165) is 5.56 Å². The molecule has 64 valence electrons. The highest BCUT2D eigenvalue weighted by atomic mass is 35.5. The fourth-order valence-electron chi connectivity index (χ4n) is 0.830. The Hall–Kier alpha value is -1.09. The molecule has 0 saturated carbocycles. The monoisotopic (exact) mass is 184 g/mol. The molecular weight excluding hydrogens is 176 g/mol. The lowest BCUT2D eigenvalue weighted by molar-refractivity contribution is -0.109. The fourth-order valence-corrected chi connectivity index (χ4v) is 1.12. The molecule has 1 rings (SSSR count). The van der Waals surface area contributed by atoms with Crippen LogP contribution in [0.4, 0.5) is 0 Å². The summed E-state index contributed by atoms with van der Waals surface area (Å²) in [4.78, 5) is 14.0. The van der Waals surface area contributed by atoms with E-state index in [2.05, 4.69) is 10.3 Å². The number of carbonyl (C=O) groups excluding carboxylic acids is 1. The first kappa shape index (κ1) is 9.00. The minimum Gasteiger partial charge on any atom is -0.353 e. The number of pyridine rings is 1. The van der Waals surface area contributed by atoms with E-state index >= 15 is 0 Å². The molecule has 1 aromatic heterocycles. The van der Waals surface area contributed by atoms with Crippen molar-refractivity contribution in [3.63, 3.8) is 0 Å². The zero-order valence-corrected chi connectivity index (χ0v) is 7.43. The van der Waals surface area contributed by atoms with Gasteiger partial charge in [0, 0.05) is 6.20 Å². The molecule has 0 saturated heterocycles. The number of amides is 1. The minimum absolute atomic E-state index is 0.378. The van der Waals surface area contributed by atoms with Crippen LogP contribution >= 0.6 is 11.6 Å². The summed E-state index contributed by atoms with van der Waals surface area (Å²) in [7, 11) is 0. The molecule has 0 fully saturated rings. The first-order valence-electron chi connectivity index (χ1n) is 3.52. The van der Waals surface area contributed by atoms with E-state index in [1.807, 2.05) is 13.0 Å². The van der Waals surface area contributed by atoms with E-state index in [0.29, 0.717) is 23.7 Å². The number of rotatable bonds is 3. The van der Waals surface area contributed by atoms with Crippen LogP contribution in [0.25, 0.3) is 0 Å². The third kappa shape index (κ3) is 2.20. The Balaban J connectivity index is 2.78. The number of aromatic nitrogens is 1. The van der Waals surface area contributed by atoms with Gasteiger partial charge in [-0.05, 0) is 18.6 Å². The third-order valence-corrected chi connectivity index (χ3v) is 1.73. The normalized spacial score (nSPS) is 9.50. The van der Waals surface area contributed by atoms with Crippen molar-refractivity contribution in [3.8, 4) is 0 Å². The number of hydrogen-bond donors (Lipinski definition) is 1. The van der Waals surface area contributed by atoms with Gasteiger partial charge in [0.05, 0.1) is 17.3 Å². The molecule has 0 aliphatic carbocycles. The molecule has 3 nitrogen and oxygen atoms in total. The molecule has 0 radical (unpaired) electrons. The summed E-state index contributed by atoms with van der Waals surface area (Å²) in [5.41, 5.74) is 1.70. The lowest BCUT2D eigenvalue weighted by atomic mass is 10.3. The van der Waals surface area contributed by atoms with Gasteiger partial charge >= 0.3 is 0 Å². The summed E-state index contributed by atoms with van der Waals surface area (Å²) < 4.78 is 0. The summed E-state index contributed by atoms with van der Waals surface area (Å²) in [6, 6.07) is 1.82. The number of nitrogens with one attached hydrogen (secondary N) is 1. The van der Waals surface area contributed by atoms with E-state index in [4.69, 9.17) is 11.6 Å². The standard InChI is InChI=1S/C8H9ClN2O/c1-6-2-7(9)8(11-3-6)4-10-5-12/h2-3,5H,4H2,1H3,(H,10,12). The highest BCUT2D eigenvalue weighted by Gasteiger charge is 2.00. The van der Waals surface area contributed by atoms with Crippen LogP contribution in [0.5, 0.6) is 0 Å². The maximum absolute atomic E-state index is 9.97. The zero-order valence-electron chi connectivity index (χ0n) is 6.67. The van der Waals surface area contributed by atoms with E-state index in [-0.39, 0.29) is 0 Å². The molecule has 0 aromatic carbocycles. The van der Waals surface area contributed by atoms with Crippen molar-refractivity contribution in [3.05, 3.63) is 28.5 Å². The Morgan fingerprint density at radius 2 is 2.50 bits per heavy atom. The maximum Gasteiger partial charge on any atom is 0.207 e. The van der Waals surface area contributed by atoms with Gasteiger partial charge in [0.1, 0.15) is 0 Å². The predicted molar refractivity (Wildman–Crippen MR) is 46.9 cm³/mol. The minimum atomic E-state index is 0.378. The van der Waals surface area contributed by atoms with Gasteiger partial charge in [-0.25, -0.2) is 0 Å². The molecule has 4 heteroatoms. The second-order valence-electron chi connectivity index (χ2n) is 2.44. The van der Waals surface area contributed by atoms with Crippen molar-refractivity contribution in [2.45, 2.75) is 13.5 Å². The average molecular weight is 185 g/mol. The number of nitrogens with zero attached hydrogens (tertiary/aromatic N) is 1. The van der Waals surface area contributed by atoms with Gasteiger partial charge < -0.3 is 5.32 Å². The van der Waals surface area contributed by atoms with Crippen LogP contribution in [0, 0.1) is 6.92 Å². The van der Waals surface area contributed by atoms with Crippen molar-refractivity contribution >= 4 is 18.0 Å². The predicted octanol–water partition coefficient (Wildman–Crippen LogP) is 1.29.